The number of benzene rings is 1. The van der Waals surface area contributed by atoms with Gasteiger partial charge >= 0.3 is 0 Å². The topological polar surface area (TPSA) is 55.9 Å². The van der Waals surface area contributed by atoms with E-state index in [1.807, 2.05) is 36.0 Å². The van der Waals surface area contributed by atoms with Crippen molar-refractivity contribution in [3.8, 4) is 0 Å². The van der Waals surface area contributed by atoms with Crippen molar-refractivity contribution in [2.75, 3.05) is 5.32 Å². The molecule has 0 radical (unpaired) electrons. The van der Waals surface area contributed by atoms with Gasteiger partial charge in [-0.05, 0) is 24.3 Å². The number of nitrogens with zero attached hydrogens (tertiary/aromatic N) is 3. The first-order valence-corrected chi connectivity index (χ1v) is 6.75. The molecule has 104 valence electrons. The van der Waals surface area contributed by atoms with Crippen molar-refractivity contribution in [1.29, 1.82) is 0 Å². The molecule has 0 amide bonds. The number of nitrogens with one attached hydrogen (secondary N) is 1. The molecule has 3 rings (SSSR count). The molecule has 5 heteroatoms. The summed E-state index contributed by atoms with van der Waals surface area (Å²) >= 11 is 0. The molecule has 2 aromatic heterocycles. The van der Waals surface area contributed by atoms with Gasteiger partial charge in [-0.2, -0.15) is 5.10 Å². The van der Waals surface area contributed by atoms with E-state index >= 15 is 0 Å². The second kappa shape index (κ2) is 5.00. The largest absolute Gasteiger partial charge is 0.440 e. The molecular formula is C15H18N4O. The van der Waals surface area contributed by atoms with Crippen LogP contribution in [0.4, 0.5) is 5.69 Å². The fraction of sp³-hybridized carbons (Fsp3) is 0.333. The maximum Gasteiger partial charge on any atom is 0.198 e. The van der Waals surface area contributed by atoms with Gasteiger partial charge in [0.2, 0.25) is 0 Å². The third-order valence-electron chi connectivity index (χ3n) is 3.29. The number of aryl methyl sites for hydroxylation is 1. The lowest BCUT2D eigenvalue weighted by molar-refractivity contribution is 0.501. The lowest BCUT2D eigenvalue weighted by atomic mass is 10.2. The molecule has 20 heavy (non-hydrogen) atoms. The molecule has 0 spiro atoms. The minimum Gasteiger partial charge on any atom is -0.440 e. The van der Waals surface area contributed by atoms with Crippen molar-refractivity contribution in [3.63, 3.8) is 0 Å². The highest BCUT2D eigenvalue weighted by Crippen LogP contribution is 2.23. The van der Waals surface area contributed by atoms with Gasteiger partial charge in [0.15, 0.2) is 11.5 Å². The summed E-state index contributed by atoms with van der Waals surface area (Å²) in [5.74, 6) is 1.08. The first kappa shape index (κ1) is 12.7. The average Bonchev–Trinajstić information content (AvgIpc) is 3.01. The molecule has 0 aliphatic carbocycles. The average molecular weight is 270 g/mol. The molecule has 0 saturated carbocycles. The lowest BCUT2D eigenvalue weighted by Gasteiger charge is -2.06. The number of hydrogen-bond donors (Lipinski definition) is 1. The summed E-state index contributed by atoms with van der Waals surface area (Å²) in [5, 5.41) is 7.53. The quantitative estimate of drug-likeness (QED) is 0.790. The standard InChI is InChI=1S/C15H18N4O/c1-10(2)15-18-13-8-11(4-5-14(13)20-15)16-9-12-6-7-17-19(12)3/h4-8,10,16H,9H2,1-3H3. The third kappa shape index (κ3) is 2.39. The monoisotopic (exact) mass is 270 g/mol. The number of aromatic nitrogens is 3. The Morgan fingerprint density at radius 3 is 2.85 bits per heavy atom. The first-order valence-electron chi connectivity index (χ1n) is 6.75. The predicted octanol–water partition coefficient (Wildman–Crippen LogP) is 3.30. The Labute approximate surface area is 117 Å². The molecule has 0 aliphatic rings. The molecule has 0 bridgehead atoms. The van der Waals surface area contributed by atoms with Gasteiger partial charge in [-0.25, -0.2) is 4.98 Å². The molecule has 0 atom stereocenters. The highest BCUT2D eigenvalue weighted by Gasteiger charge is 2.09. The molecule has 1 N–H and O–H groups in total. The molecule has 5 nitrogen and oxygen atoms in total. The number of fused-ring (bicyclic) bond motifs is 1. The zero-order valence-electron chi connectivity index (χ0n) is 11.9. The summed E-state index contributed by atoms with van der Waals surface area (Å²) in [5.41, 5.74) is 3.89. The van der Waals surface area contributed by atoms with Crippen molar-refractivity contribution in [1.82, 2.24) is 14.8 Å². The zero-order valence-corrected chi connectivity index (χ0v) is 11.9. The van der Waals surface area contributed by atoms with E-state index in [1.54, 1.807) is 6.20 Å². The van der Waals surface area contributed by atoms with Crippen LogP contribution in [0.25, 0.3) is 11.1 Å². The van der Waals surface area contributed by atoms with Crippen LogP contribution in [0.5, 0.6) is 0 Å². The Bertz CT molecular complexity index is 726. The number of hydrogen-bond acceptors (Lipinski definition) is 4. The summed E-state index contributed by atoms with van der Waals surface area (Å²) in [7, 11) is 1.94. The maximum absolute atomic E-state index is 5.70. The van der Waals surface area contributed by atoms with Gasteiger partial charge in [0.1, 0.15) is 5.52 Å². The predicted molar refractivity (Wildman–Crippen MR) is 78.6 cm³/mol. The molecule has 2 heterocycles. The summed E-state index contributed by atoms with van der Waals surface area (Å²) in [6.45, 7) is 4.88. The molecular weight excluding hydrogens is 252 g/mol. The van der Waals surface area contributed by atoms with Crippen molar-refractivity contribution in [2.24, 2.45) is 7.05 Å². The van der Waals surface area contributed by atoms with E-state index in [9.17, 15) is 0 Å². The van der Waals surface area contributed by atoms with E-state index in [-0.39, 0.29) is 0 Å². The summed E-state index contributed by atoms with van der Waals surface area (Å²) in [6, 6.07) is 7.98. The van der Waals surface area contributed by atoms with Crippen molar-refractivity contribution < 1.29 is 4.42 Å². The first-order chi connectivity index (χ1) is 9.63. The Kier molecular flexibility index (Phi) is 3.18. The summed E-state index contributed by atoms with van der Waals surface area (Å²) < 4.78 is 7.56. The highest BCUT2D eigenvalue weighted by atomic mass is 16.3. The smallest absolute Gasteiger partial charge is 0.198 e. The lowest BCUT2D eigenvalue weighted by Crippen LogP contribution is -2.05. The van der Waals surface area contributed by atoms with E-state index in [1.165, 1.54) is 0 Å². The van der Waals surface area contributed by atoms with Crippen LogP contribution in [-0.4, -0.2) is 14.8 Å². The van der Waals surface area contributed by atoms with Crippen molar-refractivity contribution in [3.05, 3.63) is 42.0 Å². The molecule has 0 aliphatic heterocycles. The zero-order chi connectivity index (χ0) is 14.1. The Morgan fingerprint density at radius 2 is 2.15 bits per heavy atom. The van der Waals surface area contributed by atoms with Crippen LogP contribution < -0.4 is 5.32 Å². The van der Waals surface area contributed by atoms with Gasteiger partial charge < -0.3 is 9.73 Å². The molecule has 0 unspecified atom stereocenters. The molecule has 0 fully saturated rings. The molecule has 1 aromatic carbocycles. The van der Waals surface area contributed by atoms with Gasteiger partial charge in [-0.1, -0.05) is 13.8 Å². The van der Waals surface area contributed by atoms with Gasteiger partial charge in [-0.15, -0.1) is 0 Å². The van der Waals surface area contributed by atoms with Crippen LogP contribution in [0.1, 0.15) is 31.4 Å². The second-order valence-corrected chi connectivity index (χ2v) is 5.19. The minimum absolute atomic E-state index is 0.299. The van der Waals surface area contributed by atoms with Gasteiger partial charge in [-0.3, -0.25) is 4.68 Å². The minimum atomic E-state index is 0.299. The van der Waals surface area contributed by atoms with Crippen LogP contribution in [-0.2, 0) is 13.6 Å². The van der Waals surface area contributed by atoms with E-state index in [0.717, 1.165) is 34.9 Å². The maximum atomic E-state index is 5.70. The van der Waals surface area contributed by atoms with E-state index in [0.29, 0.717) is 5.92 Å². The Balaban J connectivity index is 1.80. The van der Waals surface area contributed by atoms with Gasteiger partial charge in [0.25, 0.3) is 0 Å². The van der Waals surface area contributed by atoms with Crippen LogP contribution in [0, 0.1) is 0 Å². The van der Waals surface area contributed by atoms with Crippen LogP contribution in [0.2, 0.25) is 0 Å². The van der Waals surface area contributed by atoms with Crippen LogP contribution >= 0.6 is 0 Å². The Hall–Kier alpha value is -2.30. The van der Waals surface area contributed by atoms with Crippen molar-refractivity contribution in [2.45, 2.75) is 26.3 Å². The number of anilines is 1. The molecule has 0 saturated heterocycles. The highest BCUT2D eigenvalue weighted by molar-refractivity contribution is 5.77. The van der Waals surface area contributed by atoms with E-state index in [2.05, 4.69) is 29.2 Å². The van der Waals surface area contributed by atoms with Crippen LogP contribution in [0.15, 0.2) is 34.9 Å². The van der Waals surface area contributed by atoms with Crippen molar-refractivity contribution >= 4 is 16.8 Å². The van der Waals surface area contributed by atoms with Gasteiger partial charge in [0, 0.05) is 24.8 Å². The Morgan fingerprint density at radius 1 is 1.30 bits per heavy atom. The second-order valence-electron chi connectivity index (χ2n) is 5.19. The normalized spacial score (nSPS) is 11.4. The van der Waals surface area contributed by atoms with Gasteiger partial charge in [0.05, 0.1) is 12.2 Å². The fourth-order valence-corrected chi connectivity index (χ4v) is 2.07. The van der Waals surface area contributed by atoms with E-state index < -0.39 is 0 Å². The third-order valence-corrected chi connectivity index (χ3v) is 3.29. The van der Waals surface area contributed by atoms with Crippen LogP contribution in [0.3, 0.4) is 0 Å². The molecule has 3 aromatic rings. The fourth-order valence-electron chi connectivity index (χ4n) is 2.07. The number of rotatable bonds is 4. The number of oxazole rings is 1. The summed E-state index contributed by atoms with van der Waals surface area (Å²) in [6.07, 6.45) is 1.80. The SMILES string of the molecule is CC(C)c1nc2cc(NCc3ccnn3C)ccc2o1. The summed E-state index contributed by atoms with van der Waals surface area (Å²) in [4.78, 5) is 4.51. The van der Waals surface area contributed by atoms with E-state index in [4.69, 9.17) is 4.42 Å².